The van der Waals surface area contributed by atoms with Crippen LogP contribution in [0, 0.1) is 0 Å². The normalized spacial score (nSPS) is 10.3. The molecule has 0 saturated carbocycles. The lowest BCUT2D eigenvalue weighted by molar-refractivity contribution is -0.139. The lowest BCUT2D eigenvalue weighted by Gasteiger charge is -2.19. The molecule has 2 aromatic rings. The van der Waals surface area contributed by atoms with Crippen molar-refractivity contribution in [2.24, 2.45) is 0 Å². The van der Waals surface area contributed by atoms with Crippen LogP contribution in [0.15, 0.2) is 43.0 Å². The molecule has 0 aliphatic rings. The van der Waals surface area contributed by atoms with E-state index >= 15 is 0 Å². The van der Waals surface area contributed by atoms with Crippen LogP contribution in [0.1, 0.15) is 26.3 Å². The third-order valence-electron chi connectivity index (χ3n) is 2.49. The van der Waals surface area contributed by atoms with Crippen molar-refractivity contribution in [2.45, 2.75) is 26.2 Å². The number of H-pyrrole nitrogens is 1. The molecule has 5 nitrogen and oxygen atoms in total. The van der Waals surface area contributed by atoms with E-state index in [1.807, 2.05) is 12.1 Å². The van der Waals surface area contributed by atoms with Crippen LogP contribution < -0.4 is 4.74 Å². The highest BCUT2D eigenvalue weighted by molar-refractivity contribution is 5.68. The monoisotopic (exact) mass is 276 g/mol. The minimum absolute atomic E-state index is 0.103. The van der Waals surface area contributed by atoms with Crippen LogP contribution in [0.25, 0.3) is 0 Å². The first kappa shape index (κ1) is 15.8. The SMILES string of the molecule is CC(C)(C)c1ccc(OCC(=O)O)cc1.c1c[nH]cn1. The summed E-state index contributed by atoms with van der Waals surface area (Å²) in [6.45, 7) is 6.08. The van der Waals surface area contributed by atoms with E-state index in [1.165, 1.54) is 5.56 Å². The molecule has 1 aromatic heterocycles. The molecular weight excluding hydrogens is 256 g/mol. The number of aromatic amines is 1. The highest BCUT2D eigenvalue weighted by Crippen LogP contribution is 2.24. The van der Waals surface area contributed by atoms with Gasteiger partial charge < -0.3 is 14.8 Å². The van der Waals surface area contributed by atoms with Crippen molar-refractivity contribution in [3.63, 3.8) is 0 Å². The van der Waals surface area contributed by atoms with Gasteiger partial charge >= 0.3 is 5.97 Å². The maximum Gasteiger partial charge on any atom is 0.341 e. The van der Waals surface area contributed by atoms with E-state index in [1.54, 1.807) is 30.9 Å². The Bertz CT molecular complexity index is 482. The van der Waals surface area contributed by atoms with Crippen molar-refractivity contribution in [2.75, 3.05) is 6.61 Å². The maximum absolute atomic E-state index is 10.3. The Morgan fingerprint density at radius 2 is 1.95 bits per heavy atom. The summed E-state index contributed by atoms with van der Waals surface area (Å²) in [5.74, 6) is -0.375. The maximum atomic E-state index is 10.3. The third-order valence-corrected chi connectivity index (χ3v) is 2.49. The van der Waals surface area contributed by atoms with E-state index in [0.717, 1.165) is 0 Å². The summed E-state index contributed by atoms with van der Waals surface area (Å²) >= 11 is 0. The number of imidazole rings is 1. The van der Waals surface area contributed by atoms with Gasteiger partial charge in [-0.05, 0) is 23.1 Å². The van der Waals surface area contributed by atoms with E-state index in [-0.39, 0.29) is 12.0 Å². The molecule has 0 amide bonds. The van der Waals surface area contributed by atoms with Crippen molar-refractivity contribution >= 4 is 5.97 Å². The molecule has 0 spiro atoms. The van der Waals surface area contributed by atoms with E-state index < -0.39 is 5.97 Å². The molecule has 1 heterocycles. The zero-order valence-electron chi connectivity index (χ0n) is 12.0. The lowest BCUT2D eigenvalue weighted by atomic mass is 9.87. The molecule has 108 valence electrons. The molecule has 0 aliphatic heterocycles. The van der Waals surface area contributed by atoms with Crippen LogP contribution in [0.4, 0.5) is 0 Å². The molecule has 0 radical (unpaired) electrons. The highest BCUT2D eigenvalue weighted by Gasteiger charge is 2.12. The van der Waals surface area contributed by atoms with Gasteiger partial charge in [-0.2, -0.15) is 0 Å². The number of ether oxygens (including phenoxy) is 1. The first-order chi connectivity index (χ1) is 9.39. The second kappa shape index (κ2) is 7.33. The number of carboxylic acids is 1. The minimum Gasteiger partial charge on any atom is -0.482 e. The Balaban J connectivity index is 0.000000333. The van der Waals surface area contributed by atoms with Gasteiger partial charge in [0.05, 0.1) is 6.33 Å². The first-order valence-electron chi connectivity index (χ1n) is 6.27. The molecule has 0 atom stereocenters. The van der Waals surface area contributed by atoms with Gasteiger partial charge in [0, 0.05) is 12.4 Å². The number of hydrogen-bond donors (Lipinski definition) is 2. The van der Waals surface area contributed by atoms with Crippen molar-refractivity contribution in [3.05, 3.63) is 48.5 Å². The van der Waals surface area contributed by atoms with Gasteiger partial charge in [-0.15, -0.1) is 0 Å². The summed E-state index contributed by atoms with van der Waals surface area (Å²) in [6.07, 6.45) is 5.08. The standard InChI is InChI=1S/C12H16O3.C3H4N2/c1-12(2,3)9-4-6-10(7-5-9)15-8-11(13)14;1-2-5-3-4-1/h4-7H,8H2,1-3H3,(H,13,14);1-3H,(H,4,5). The van der Waals surface area contributed by atoms with Crippen LogP contribution in [0.5, 0.6) is 5.75 Å². The Hall–Kier alpha value is -2.30. The molecule has 5 heteroatoms. The zero-order chi connectivity index (χ0) is 15.0. The molecule has 2 rings (SSSR count). The molecule has 20 heavy (non-hydrogen) atoms. The molecular formula is C15H20N2O3. The number of carbonyl (C=O) groups is 1. The van der Waals surface area contributed by atoms with Crippen molar-refractivity contribution < 1.29 is 14.6 Å². The van der Waals surface area contributed by atoms with Gasteiger partial charge in [0.15, 0.2) is 6.61 Å². The van der Waals surface area contributed by atoms with Crippen LogP contribution >= 0.6 is 0 Å². The largest absolute Gasteiger partial charge is 0.482 e. The van der Waals surface area contributed by atoms with Crippen molar-refractivity contribution in [1.29, 1.82) is 0 Å². The molecule has 2 N–H and O–H groups in total. The summed E-state index contributed by atoms with van der Waals surface area (Å²) in [5, 5.41) is 8.43. The van der Waals surface area contributed by atoms with Crippen molar-refractivity contribution in [1.82, 2.24) is 9.97 Å². The van der Waals surface area contributed by atoms with Crippen LogP contribution in [0.3, 0.4) is 0 Å². The van der Waals surface area contributed by atoms with E-state index in [9.17, 15) is 4.79 Å². The number of aliphatic carboxylic acids is 1. The highest BCUT2D eigenvalue weighted by atomic mass is 16.5. The van der Waals surface area contributed by atoms with E-state index in [2.05, 4.69) is 30.7 Å². The number of nitrogens with one attached hydrogen (secondary N) is 1. The Kier molecular flexibility index (Phi) is 5.77. The fraction of sp³-hybridized carbons (Fsp3) is 0.333. The van der Waals surface area contributed by atoms with E-state index in [0.29, 0.717) is 5.75 Å². The second-order valence-electron chi connectivity index (χ2n) is 5.22. The fourth-order valence-corrected chi connectivity index (χ4v) is 1.41. The van der Waals surface area contributed by atoms with Crippen LogP contribution in [-0.4, -0.2) is 27.7 Å². The summed E-state index contributed by atoms with van der Waals surface area (Å²) in [4.78, 5) is 16.7. The summed E-state index contributed by atoms with van der Waals surface area (Å²) in [6, 6.07) is 7.50. The van der Waals surface area contributed by atoms with Crippen LogP contribution in [-0.2, 0) is 10.2 Å². The molecule has 0 bridgehead atoms. The average molecular weight is 276 g/mol. The molecule has 0 fully saturated rings. The minimum atomic E-state index is -0.963. The number of aromatic nitrogens is 2. The van der Waals surface area contributed by atoms with Gasteiger partial charge in [0.2, 0.25) is 0 Å². The van der Waals surface area contributed by atoms with E-state index in [4.69, 9.17) is 9.84 Å². The predicted octanol–water partition coefficient (Wildman–Crippen LogP) is 2.86. The zero-order valence-corrected chi connectivity index (χ0v) is 12.0. The fourth-order valence-electron chi connectivity index (χ4n) is 1.41. The smallest absolute Gasteiger partial charge is 0.341 e. The molecule has 1 aromatic carbocycles. The number of nitrogens with zero attached hydrogens (tertiary/aromatic N) is 1. The number of benzene rings is 1. The quantitative estimate of drug-likeness (QED) is 0.904. The van der Waals surface area contributed by atoms with Gasteiger partial charge in [-0.3, -0.25) is 0 Å². The Labute approximate surface area is 118 Å². The molecule has 0 saturated heterocycles. The third kappa shape index (κ3) is 6.04. The van der Waals surface area contributed by atoms with Crippen LogP contribution in [0.2, 0.25) is 0 Å². The summed E-state index contributed by atoms with van der Waals surface area (Å²) < 4.78 is 5.04. The topological polar surface area (TPSA) is 75.2 Å². The first-order valence-corrected chi connectivity index (χ1v) is 6.27. The predicted molar refractivity (Wildman–Crippen MR) is 76.9 cm³/mol. The number of hydrogen-bond acceptors (Lipinski definition) is 3. The average Bonchev–Trinajstić information content (AvgIpc) is 2.95. The Morgan fingerprint density at radius 3 is 2.30 bits per heavy atom. The Morgan fingerprint density at radius 1 is 1.30 bits per heavy atom. The molecule has 0 unspecified atom stereocenters. The summed E-state index contributed by atoms with van der Waals surface area (Å²) in [7, 11) is 0. The number of rotatable bonds is 3. The molecule has 0 aliphatic carbocycles. The second-order valence-corrected chi connectivity index (χ2v) is 5.22. The van der Waals surface area contributed by atoms with Gasteiger partial charge in [-0.25, -0.2) is 9.78 Å². The van der Waals surface area contributed by atoms with Gasteiger partial charge in [0.25, 0.3) is 0 Å². The summed E-state index contributed by atoms with van der Waals surface area (Å²) in [5.41, 5.74) is 1.30. The van der Waals surface area contributed by atoms with Gasteiger partial charge in [0.1, 0.15) is 5.75 Å². The van der Waals surface area contributed by atoms with Crippen molar-refractivity contribution in [3.8, 4) is 5.75 Å². The lowest BCUT2D eigenvalue weighted by Crippen LogP contribution is -2.12. The van der Waals surface area contributed by atoms with Gasteiger partial charge in [-0.1, -0.05) is 32.9 Å². The number of carboxylic acid groups (broad SMARTS) is 1.